The lowest BCUT2D eigenvalue weighted by molar-refractivity contribution is 0.101. The number of Topliss-reactive ketones (excluding diaryl/α,β-unsaturated/α-hetero) is 1. The Hall–Kier alpha value is -1.47. The number of carbonyl (C=O) groups is 1. The average Bonchev–Trinajstić information content (AvgIpc) is 2.38. The Morgan fingerprint density at radius 2 is 1.89 bits per heavy atom. The van der Waals surface area contributed by atoms with Crippen molar-refractivity contribution in [3.63, 3.8) is 0 Å². The lowest BCUT2D eigenvalue weighted by atomic mass is 10.1. The van der Waals surface area contributed by atoms with E-state index in [0.29, 0.717) is 37.6 Å². The van der Waals surface area contributed by atoms with Gasteiger partial charge in [-0.25, -0.2) is 13.4 Å². The summed E-state index contributed by atoms with van der Waals surface area (Å²) in [6, 6.07) is 3.47. The van der Waals surface area contributed by atoms with Gasteiger partial charge in [-0.15, -0.1) is 0 Å². The highest BCUT2D eigenvalue weighted by Crippen LogP contribution is 2.19. The first-order chi connectivity index (χ1) is 8.89. The minimum absolute atomic E-state index is 0.0337. The summed E-state index contributed by atoms with van der Waals surface area (Å²) in [4.78, 5) is 17.8. The van der Waals surface area contributed by atoms with E-state index >= 15 is 0 Å². The Labute approximate surface area is 113 Å². The predicted molar refractivity (Wildman–Crippen MR) is 72.9 cm³/mol. The summed E-state index contributed by atoms with van der Waals surface area (Å²) in [5.74, 6) is 0.608. The van der Waals surface area contributed by atoms with E-state index in [-0.39, 0.29) is 5.78 Å². The summed E-state index contributed by atoms with van der Waals surface area (Å²) in [5, 5.41) is 0. The molecule has 0 N–H and O–H groups in total. The molecule has 2 rings (SSSR count). The van der Waals surface area contributed by atoms with Crippen LogP contribution in [-0.2, 0) is 10.0 Å². The second-order valence-corrected chi connectivity index (χ2v) is 6.56. The number of carbonyl (C=O) groups excluding carboxylic acids is 1. The van der Waals surface area contributed by atoms with Crippen LogP contribution in [0.5, 0.6) is 0 Å². The molecule has 0 bridgehead atoms. The molecule has 0 atom stereocenters. The summed E-state index contributed by atoms with van der Waals surface area (Å²) in [5.41, 5.74) is 0.579. The second-order valence-electron chi connectivity index (χ2n) is 4.58. The van der Waals surface area contributed by atoms with Crippen molar-refractivity contribution >= 4 is 21.6 Å². The van der Waals surface area contributed by atoms with Crippen molar-refractivity contribution in [3.05, 3.63) is 23.9 Å². The Bertz CT molecular complexity index is 578. The molecule has 0 radical (unpaired) electrons. The fourth-order valence-corrected chi connectivity index (χ4v) is 2.98. The lowest BCUT2D eigenvalue weighted by Crippen LogP contribution is -2.48. The molecular formula is C12H17N3O3S. The summed E-state index contributed by atoms with van der Waals surface area (Å²) in [6.45, 7) is 3.45. The molecule has 2 heterocycles. The van der Waals surface area contributed by atoms with Crippen LogP contribution in [0.25, 0.3) is 0 Å². The molecule has 1 aliphatic heterocycles. The van der Waals surface area contributed by atoms with E-state index in [0.717, 1.165) is 0 Å². The maximum atomic E-state index is 11.6. The van der Waals surface area contributed by atoms with Crippen molar-refractivity contribution in [2.24, 2.45) is 0 Å². The maximum absolute atomic E-state index is 11.6. The Morgan fingerprint density at radius 3 is 2.42 bits per heavy atom. The van der Waals surface area contributed by atoms with Gasteiger partial charge in [-0.05, 0) is 19.1 Å². The SMILES string of the molecule is CC(=O)c1cccnc1N1CCN(S(C)(=O)=O)CC1. The summed E-state index contributed by atoms with van der Waals surface area (Å²) >= 11 is 0. The largest absolute Gasteiger partial charge is 0.353 e. The first-order valence-electron chi connectivity index (χ1n) is 6.05. The van der Waals surface area contributed by atoms with Gasteiger partial charge >= 0.3 is 0 Å². The molecule has 6 nitrogen and oxygen atoms in total. The molecule has 104 valence electrons. The van der Waals surface area contributed by atoms with Gasteiger partial charge in [0.2, 0.25) is 10.0 Å². The zero-order valence-electron chi connectivity index (χ0n) is 11.0. The number of aromatic nitrogens is 1. The van der Waals surface area contributed by atoms with Gasteiger partial charge < -0.3 is 4.90 Å². The molecule has 1 fully saturated rings. The molecule has 1 aromatic rings. The third-order valence-electron chi connectivity index (χ3n) is 3.17. The van der Waals surface area contributed by atoms with E-state index in [4.69, 9.17) is 0 Å². The van der Waals surface area contributed by atoms with E-state index in [2.05, 4.69) is 4.98 Å². The van der Waals surface area contributed by atoms with Gasteiger partial charge in [-0.3, -0.25) is 4.79 Å². The molecule has 7 heteroatoms. The smallest absolute Gasteiger partial charge is 0.211 e. The number of piperazine rings is 1. The Kier molecular flexibility index (Phi) is 3.86. The van der Waals surface area contributed by atoms with Crippen molar-refractivity contribution in [3.8, 4) is 0 Å². The summed E-state index contributed by atoms with van der Waals surface area (Å²) in [7, 11) is -3.14. The van der Waals surface area contributed by atoms with Crippen LogP contribution in [0.3, 0.4) is 0 Å². The van der Waals surface area contributed by atoms with E-state index in [1.165, 1.54) is 17.5 Å². The van der Waals surface area contributed by atoms with Crippen LogP contribution in [0.15, 0.2) is 18.3 Å². The van der Waals surface area contributed by atoms with Gasteiger partial charge in [0.05, 0.1) is 11.8 Å². The topological polar surface area (TPSA) is 70.6 Å². The van der Waals surface area contributed by atoms with Gasteiger partial charge in [0, 0.05) is 32.4 Å². The fraction of sp³-hybridized carbons (Fsp3) is 0.500. The number of ketones is 1. The third-order valence-corrected chi connectivity index (χ3v) is 4.48. The van der Waals surface area contributed by atoms with Crippen molar-refractivity contribution in [1.29, 1.82) is 0 Å². The molecule has 0 unspecified atom stereocenters. The predicted octanol–water partition coefficient (Wildman–Crippen LogP) is 0.366. The quantitative estimate of drug-likeness (QED) is 0.749. The monoisotopic (exact) mass is 283 g/mol. The standard InChI is InChI=1S/C12H17N3O3S/c1-10(16)11-4-3-5-13-12(11)14-6-8-15(9-7-14)19(2,17)18/h3-5H,6-9H2,1-2H3. The van der Waals surface area contributed by atoms with Crippen molar-refractivity contribution in [2.45, 2.75) is 6.92 Å². The van der Waals surface area contributed by atoms with E-state index in [1.54, 1.807) is 18.3 Å². The Balaban J connectivity index is 2.16. The number of nitrogens with zero attached hydrogens (tertiary/aromatic N) is 3. The van der Waals surface area contributed by atoms with Crippen LogP contribution in [0.4, 0.5) is 5.82 Å². The number of rotatable bonds is 3. The van der Waals surface area contributed by atoms with E-state index in [9.17, 15) is 13.2 Å². The zero-order valence-corrected chi connectivity index (χ0v) is 11.9. The summed E-state index contributed by atoms with van der Waals surface area (Å²) in [6.07, 6.45) is 2.86. The Morgan fingerprint density at radius 1 is 1.26 bits per heavy atom. The van der Waals surface area contributed by atoms with Gasteiger partial charge in [0.15, 0.2) is 5.78 Å². The van der Waals surface area contributed by atoms with Gasteiger partial charge in [-0.1, -0.05) is 0 Å². The minimum atomic E-state index is -3.14. The van der Waals surface area contributed by atoms with Crippen LogP contribution in [-0.4, -0.2) is 55.9 Å². The summed E-state index contributed by atoms with van der Waals surface area (Å²) < 4.78 is 24.3. The number of hydrogen-bond acceptors (Lipinski definition) is 5. The van der Waals surface area contributed by atoms with Crippen LogP contribution >= 0.6 is 0 Å². The van der Waals surface area contributed by atoms with Gasteiger partial charge in [-0.2, -0.15) is 4.31 Å². The van der Waals surface area contributed by atoms with Gasteiger partial charge in [0.1, 0.15) is 5.82 Å². The first kappa shape index (κ1) is 14.0. The van der Waals surface area contributed by atoms with Crippen molar-refractivity contribution < 1.29 is 13.2 Å². The van der Waals surface area contributed by atoms with Crippen LogP contribution < -0.4 is 4.90 Å². The average molecular weight is 283 g/mol. The normalized spacial score (nSPS) is 17.5. The molecule has 1 aromatic heterocycles. The first-order valence-corrected chi connectivity index (χ1v) is 7.90. The highest BCUT2D eigenvalue weighted by Gasteiger charge is 2.25. The molecule has 0 amide bonds. The molecule has 19 heavy (non-hydrogen) atoms. The zero-order chi connectivity index (χ0) is 14.0. The van der Waals surface area contributed by atoms with Crippen molar-refractivity contribution in [1.82, 2.24) is 9.29 Å². The highest BCUT2D eigenvalue weighted by atomic mass is 32.2. The van der Waals surface area contributed by atoms with Crippen molar-refractivity contribution in [2.75, 3.05) is 37.3 Å². The van der Waals surface area contributed by atoms with E-state index in [1.807, 2.05) is 4.90 Å². The van der Waals surface area contributed by atoms with Crippen LogP contribution in [0.2, 0.25) is 0 Å². The molecule has 1 aliphatic rings. The number of sulfonamides is 1. The molecule has 0 saturated carbocycles. The minimum Gasteiger partial charge on any atom is -0.353 e. The molecule has 0 aliphatic carbocycles. The molecule has 1 saturated heterocycles. The molecular weight excluding hydrogens is 266 g/mol. The highest BCUT2D eigenvalue weighted by molar-refractivity contribution is 7.88. The third kappa shape index (κ3) is 3.10. The fourth-order valence-electron chi connectivity index (χ4n) is 2.16. The molecule has 0 spiro atoms. The maximum Gasteiger partial charge on any atom is 0.211 e. The number of pyridine rings is 1. The number of hydrogen-bond donors (Lipinski definition) is 0. The molecule has 0 aromatic carbocycles. The lowest BCUT2D eigenvalue weighted by Gasteiger charge is -2.34. The number of anilines is 1. The second kappa shape index (κ2) is 5.26. The van der Waals surface area contributed by atoms with E-state index < -0.39 is 10.0 Å². The van der Waals surface area contributed by atoms with Crippen LogP contribution in [0, 0.1) is 0 Å². The van der Waals surface area contributed by atoms with Crippen LogP contribution in [0.1, 0.15) is 17.3 Å². The van der Waals surface area contributed by atoms with Gasteiger partial charge in [0.25, 0.3) is 0 Å².